The normalized spacial score (nSPS) is 14.0. The number of rotatable bonds is 9. The third-order valence-corrected chi connectivity index (χ3v) is 4.89. The Bertz CT molecular complexity index is 882. The van der Waals surface area contributed by atoms with Crippen LogP contribution in [0.3, 0.4) is 0 Å². The van der Waals surface area contributed by atoms with E-state index in [0.717, 1.165) is 50.4 Å². The van der Waals surface area contributed by atoms with Crippen LogP contribution in [0.5, 0.6) is 0 Å². The summed E-state index contributed by atoms with van der Waals surface area (Å²) >= 11 is 0. The van der Waals surface area contributed by atoms with Crippen LogP contribution >= 0.6 is 0 Å². The fraction of sp³-hybridized carbons (Fsp3) is 0.524. The van der Waals surface area contributed by atoms with E-state index in [-0.39, 0.29) is 11.5 Å². The van der Waals surface area contributed by atoms with Gasteiger partial charge in [0.25, 0.3) is 5.91 Å². The van der Waals surface area contributed by atoms with Crippen molar-refractivity contribution in [2.24, 2.45) is 0 Å². The second kappa shape index (κ2) is 10.7. The standard InChI is InChI=1S/C21H29N7O2/c1-27(2)9-6-12-30-15-16-7-8-18(20(25-16)28-10-4-3-5-11-28)26-21(29)19-23-14-17(13-22)24-19/h7-8,14H,3-6,9-12,15H2,1-2H3,(H,23,24)(H,26,29). The highest BCUT2D eigenvalue weighted by Crippen LogP contribution is 2.27. The predicted molar refractivity (Wildman–Crippen MR) is 114 cm³/mol. The topological polar surface area (TPSA) is 110 Å². The van der Waals surface area contributed by atoms with Crippen molar-refractivity contribution in [3.8, 4) is 6.07 Å². The van der Waals surface area contributed by atoms with Gasteiger partial charge in [-0.15, -0.1) is 0 Å². The van der Waals surface area contributed by atoms with Gasteiger partial charge in [0, 0.05) is 25.9 Å². The van der Waals surface area contributed by atoms with Crippen LogP contribution in [-0.4, -0.2) is 66.1 Å². The maximum Gasteiger partial charge on any atom is 0.291 e. The second-order valence-corrected chi connectivity index (χ2v) is 7.63. The Kier molecular flexibility index (Phi) is 7.76. The summed E-state index contributed by atoms with van der Waals surface area (Å²) in [5, 5.41) is 11.8. The average Bonchev–Trinajstić information content (AvgIpc) is 3.24. The Labute approximate surface area is 177 Å². The zero-order chi connectivity index (χ0) is 21.3. The molecule has 3 rings (SSSR count). The number of imidazole rings is 1. The molecule has 1 saturated heterocycles. The smallest absolute Gasteiger partial charge is 0.291 e. The molecule has 2 aromatic heterocycles. The number of hydrogen-bond donors (Lipinski definition) is 2. The summed E-state index contributed by atoms with van der Waals surface area (Å²) in [6, 6.07) is 5.65. The zero-order valence-corrected chi connectivity index (χ0v) is 17.6. The van der Waals surface area contributed by atoms with Gasteiger partial charge in [0.15, 0.2) is 17.3 Å². The second-order valence-electron chi connectivity index (χ2n) is 7.63. The molecule has 160 valence electrons. The summed E-state index contributed by atoms with van der Waals surface area (Å²) in [5.41, 5.74) is 1.65. The number of pyridine rings is 1. The lowest BCUT2D eigenvalue weighted by molar-refractivity contribution is 0.101. The summed E-state index contributed by atoms with van der Waals surface area (Å²) < 4.78 is 5.78. The van der Waals surface area contributed by atoms with E-state index in [1.165, 1.54) is 12.6 Å². The highest BCUT2D eigenvalue weighted by molar-refractivity contribution is 6.03. The van der Waals surface area contributed by atoms with Gasteiger partial charge >= 0.3 is 0 Å². The Morgan fingerprint density at radius 2 is 2.10 bits per heavy atom. The number of hydrogen-bond acceptors (Lipinski definition) is 7. The molecular formula is C21H29N7O2. The lowest BCUT2D eigenvalue weighted by atomic mass is 10.1. The quantitative estimate of drug-likeness (QED) is 0.610. The molecule has 0 atom stereocenters. The van der Waals surface area contributed by atoms with E-state index in [9.17, 15) is 4.79 Å². The predicted octanol–water partition coefficient (Wildman–Crippen LogP) is 2.39. The van der Waals surface area contributed by atoms with Gasteiger partial charge in [-0.1, -0.05) is 0 Å². The van der Waals surface area contributed by atoms with E-state index in [4.69, 9.17) is 15.0 Å². The SMILES string of the molecule is CN(C)CCCOCc1ccc(NC(=O)c2nc(C#N)c[nH]2)c(N2CCCCC2)n1. The Hall–Kier alpha value is -2.96. The van der Waals surface area contributed by atoms with Crippen LogP contribution in [-0.2, 0) is 11.3 Å². The summed E-state index contributed by atoms with van der Waals surface area (Å²) in [6.45, 7) is 3.91. The number of carbonyl (C=O) groups excluding carboxylic acids is 1. The van der Waals surface area contributed by atoms with Crippen molar-refractivity contribution >= 4 is 17.4 Å². The number of amides is 1. The van der Waals surface area contributed by atoms with Crippen LogP contribution in [0.4, 0.5) is 11.5 Å². The van der Waals surface area contributed by atoms with Crippen molar-refractivity contribution in [1.29, 1.82) is 5.26 Å². The van der Waals surface area contributed by atoms with Gasteiger partial charge < -0.3 is 24.8 Å². The Balaban J connectivity index is 1.71. The van der Waals surface area contributed by atoms with Crippen LogP contribution in [0.15, 0.2) is 18.3 Å². The molecule has 30 heavy (non-hydrogen) atoms. The molecule has 1 fully saturated rings. The number of carbonyl (C=O) groups is 1. The number of ether oxygens (including phenoxy) is 1. The van der Waals surface area contributed by atoms with E-state index in [0.29, 0.717) is 18.9 Å². The maximum absolute atomic E-state index is 12.6. The van der Waals surface area contributed by atoms with E-state index >= 15 is 0 Å². The third kappa shape index (κ3) is 6.02. The molecule has 1 aliphatic heterocycles. The van der Waals surface area contributed by atoms with Crippen LogP contribution in [0.1, 0.15) is 47.7 Å². The molecular weight excluding hydrogens is 382 g/mol. The Morgan fingerprint density at radius 1 is 1.30 bits per heavy atom. The first kappa shape index (κ1) is 21.7. The molecule has 0 aliphatic carbocycles. The van der Waals surface area contributed by atoms with Gasteiger partial charge in [-0.2, -0.15) is 5.26 Å². The van der Waals surface area contributed by atoms with Crippen LogP contribution < -0.4 is 10.2 Å². The van der Waals surface area contributed by atoms with Crippen molar-refractivity contribution in [2.75, 3.05) is 50.6 Å². The highest BCUT2D eigenvalue weighted by atomic mass is 16.5. The third-order valence-electron chi connectivity index (χ3n) is 4.89. The molecule has 0 bridgehead atoms. The minimum atomic E-state index is -0.399. The van der Waals surface area contributed by atoms with Crippen LogP contribution in [0.25, 0.3) is 0 Å². The monoisotopic (exact) mass is 411 g/mol. The number of nitrogens with one attached hydrogen (secondary N) is 2. The first-order chi connectivity index (χ1) is 14.6. The number of nitrogens with zero attached hydrogens (tertiary/aromatic N) is 5. The first-order valence-corrected chi connectivity index (χ1v) is 10.3. The summed E-state index contributed by atoms with van der Waals surface area (Å²) in [7, 11) is 4.09. The van der Waals surface area contributed by atoms with Crippen molar-refractivity contribution in [3.05, 3.63) is 35.5 Å². The van der Waals surface area contributed by atoms with E-state index in [1.807, 2.05) is 32.3 Å². The highest BCUT2D eigenvalue weighted by Gasteiger charge is 2.20. The minimum Gasteiger partial charge on any atom is -0.375 e. The molecule has 0 spiro atoms. The number of H-pyrrole nitrogens is 1. The van der Waals surface area contributed by atoms with Gasteiger partial charge in [-0.3, -0.25) is 4.79 Å². The molecule has 0 aromatic carbocycles. The van der Waals surface area contributed by atoms with Crippen molar-refractivity contribution in [3.63, 3.8) is 0 Å². The number of piperidine rings is 1. The number of aromatic amines is 1. The van der Waals surface area contributed by atoms with Gasteiger partial charge in [-0.05, 0) is 58.5 Å². The van der Waals surface area contributed by atoms with Crippen molar-refractivity contribution in [1.82, 2.24) is 19.9 Å². The summed E-state index contributed by atoms with van der Waals surface area (Å²) in [4.78, 5) is 28.4. The van der Waals surface area contributed by atoms with Crippen LogP contribution in [0, 0.1) is 11.3 Å². The maximum atomic E-state index is 12.6. The number of nitriles is 1. The van der Waals surface area contributed by atoms with E-state index in [2.05, 4.69) is 25.1 Å². The molecule has 1 aliphatic rings. The minimum absolute atomic E-state index is 0.101. The molecule has 0 radical (unpaired) electrons. The molecule has 9 nitrogen and oxygen atoms in total. The summed E-state index contributed by atoms with van der Waals surface area (Å²) in [5.74, 6) is 0.457. The molecule has 0 unspecified atom stereocenters. The molecule has 0 saturated carbocycles. The molecule has 9 heteroatoms. The fourth-order valence-corrected chi connectivity index (χ4v) is 3.35. The fourth-order valence-electron chi connectivity index (χ4n) is 3.35. The first-order valence-electron chi connectivity index (χ1n) is 10.3. The molecule has 1 amide bonds. The van der Waals surface area contributed by atoms with Gasteiger partial charge in [-0.25, -0.2) is 9.97 Å². The number of aromatic nitrogens is 3. The molecule has 3 heterocycles. The largest absolute Gasteiger partial charge is 0.375 e. The van der Waals surface area contributed by atoms with Gasteiger partial charge in [0.2, 0.25) is 0 Å². The van der Waals surface area contributed by atoms with E-state index < -0.39 is 5.91 Å². The van der Waals surface area contributed by atoms with Crippen molar-refractivity contribution in [2.45, 2.75) is 32.3 Å². The van der Waals surface area contributed by atoms with Crippen LogP contribution in [0.2, 0.25) is 0 Å². The van der Waals surface area contributed by atoms with Crippen molar-refractivity contribution < 1.29 is 9.53 Å². The van der Waals surface area contributed by atoms with Gasteiger partial charge in [0.1, 0.15) is 6.07 Å². The summed E-state index contributed by atoms with van der Waals surface area (Å²) in [6.07, 6.45) is 5.79. The van der Waals surface area contributed by atoms with Gasteiger partial charge in [0.05, 0.1) is 18.0 Å². The lowest BCUT2D eigenvalue weighted by Gasteiger charge is -2.29. The molecule has 2 aromatic rings. The Morgan fingerprint density at radius 3 is 2.80 bits per heavy atom. The lowest BCUT2D eigenvalue weighted by Crippen LogP contribution is -2.31. The molecule has 2 N–H and O–H groups in total. The number of anilines is 2. The average molecular weight is 412 g/mol. The zero-order valence-electron chi connectivity index (χ0n) is 17.6. The van der Waals surface area contributed by atoms with E-state index in [1.54, 1.807) is 0 Å².